The molecule has 0 aliphatic heterocycles. The van der Waals surface area contributed by atoms with E-state index >= 15 is 0 Å². The lowest BCUT2D eigenvalue weighted by atomic mass is 10.3. The second kappa shape index (κ2) is 4.42. The fraction of sp³-hybridized carbons (Fsp3) is 0.375. The summed E-state index contributed by atoms with van der Waals surface area (Å²) in [5.41, 5.74) is 1.31. The van der Waals surface area contributed by atoms with Gasteiger partial charge in [-0.25, -0.2) is 0 Å². The molecule has 0 unspecified atom stereocenters. The van der Waals surface area contributed by atoms with Crippen LogP contribution in [0.15, 0.2) is 16.8 Å². The average Bonchev–Trinajstić information content (AvgIpc) is 2.55. The smallest absolute Gasteiger partial charge is 0.168 e. The molecule has 1 rings (SSSR count). The fourth-order valence-electron chi connectivity index (χ4n) is 0.919. The lowest BCUT2D eigenvalue weighted by Gasteiger charge is -2.18. The highest BCUT2D eigenvalue weighted by atomic mass is 32.1. The second-order valence-corrected chi connectivity index (χ2v) is 3.71. The van der Waals surface area contributed by atoms with Crippen LogP contribution in [-0.4, -0.2) is 24.1 Å². The molecular weight excluding hydrogens is 188 g/mol. The maximum Gasteiger partial charge on any atom is 0.168 e. The Balaban J connectivity index is 2.47. The number of nitrogens with one attached hydrogen (secondary N) is 1. The quantitative estimate of drug-likeness (QED) is 0.731. The largest absolute Gasteiger partial charge is 0.366 e. The van der Waals surface area contributed by atoms with Crippen molar-refractivity contribution < 1.29 is 0 Å². The van der Waals surface area contributed by atoms with Crippen molar-refractivity contribution in [3.8, 4) is 0 Å². The van der Waals surface area contributed by atoms with Crippen LogP contribution in [0.4, 0.5) is 0 Å². The molecule has 0 aliphatic rings. The lowest BCUT2D eigenvalue weighted by molar-refractivity contribution is 0.495. The first-order chi connectivity index (χ1) is 5.74. The van der Waals surface area contributed by atoms with Crippen molar-refractivity contribution in [3.05, 3.63) is 22.4 Å². The minimum Gasteiger partial charge on any atom is -0.366 e. The first kappa shape index (κ1) is 9.48. The Hall–Kier alpha value is -0.610. The molecular formula is C8H12N2S2. The van der Waals surface area contributed by atoms with Crippen molar-refractivity contribution in [1.29, 1.82) is 0 Å². The molecule has 0 atom stereocenters. The van der Waals surface area contributed by atoms with Crippen molar-refractivity contribution in [1.82, 2.24) is 10.2 Å². The maximum absolute atomic E-state index is 5.07. The lowest BCUT2D eigenvalue weighted by Crippen LogP contribution is -2.33. The third kappa shape index (κ3) is 2.46. The van der Waals surface area contributed by atoms with Crippen molar-refractivity contribution in [2.75, 3.05) is 14.1 Å². The normalized spacial score (nSPS) is 9.50. The molecule has 1 aromatic heterocycles. The van der Waals surface area contributed by atoms with E-state index in [1.54, 1.807) is 11.3 Å². The molecule has 2 nitrogen and oxygen atoms in total. The first-order valence-electron chi connectivity index (χ1n) is 3.68. The molecule has 0 spiro atoms. The predicted molar refractivity (Wildman–Crippen MR) is 57.4 cm³/mol. The highest BCUT2D eigenvalue weighted by molar-refractivity contribution is 7.80. The standard InChI is InChI=1S/C8H12N2S2/c1-9-8(11)10(2)5-7-3-4-12-6-7/h3-4,6H,5H2,1-2H3,(H,9,11). The number of rotatable bonds is 2. The molecule has 0 fully saturated rings. The van der Waals surface area contributed by atoms with Crippen molar-refractivity contribution in [3.63, 3.8) is 0 Å². The van der Waals surface area contributed by atoms with Crippen molar-refractivity contribution in [2.24, 2.45) is 0 Å². The fourth-order valence-corrected chi connectivity index (χ4v) is 1.64. The molecule has 4 heteroatoms. The average molecular weight is 200 g/mol. The van der Waals surface area contributed by atoms with Gasteiger partial charge in [-0.2, -0.15) is 11.3 Å². The van der Waals surface area contributed by atoms with Crippen LogP contribution in [-0.2, 0) is 6.54 Å². The molecule has 0 aliphatic carbocycles. The minimum absolute atomic E-state index is 0.779. The molecule has 1 aromatic rings. The Morgan fingerprint density at radius 1 is 1.75 bits per heavy atom. The van der Waals surface area contributed by atoms with Gasteiger partial charge in [0.05, 0.1) is 0 Å². The highest BCUT2D eigenvalue weighted by Crippen LogP contribution is 2.08. The number of hydrogen-bond donors (Lipinski definition) is 1. The summed E-state index contributed by atoms with van der Waals surface area (Å²) in [6.45, 7) is 0.878. The zero-order chi connectivity index (χ0) is 8.97. The van der Waals surface area contributed by atoms with Crippen LogP contribution in [0.25, 0.3) is 0 Å². The van der Waals surface area contributed by atoms with E-state index < -0.39 is 0 Å². The zero-order valence-corrected chi connectivity index (χ0v) is 8.84. The van der Waals surface area contributed by atoms with E-state index in [1.807, 2.05) is 19.0 Å². The van der Waals surface area contributed by atoms with Crippen LogP contribution >= 0.6 is 23.6 Å². The predicted octanol–water partition coefficient (Wildman–Crippen LogP) is 1.68. The van der Waals surface area contributed by atoms with Crippen LogP contribution in [0.2, 0.25) is 0 Å². The summed E-state index contributed by atoms with van der Waals surface area (Å²) in [7, 11) is 3.82. The molecule has 66 valence electrons. The van der Waals surface area contributed by atoms with Gasteiger partial charge in [0, 0.05) is 20.6 Å². The molecule has 12 heavy (non-hydrogen) atoms. The van der Waals surface area contributed by atoms with Gasteiger partial charge in [-0.15, -0.1) is 0 Å². The van der Waals surface area contributed by atoms with Crippen LogP contribution in [0.3, 0.4) is 0 Å². The number of thiophene rings is 1. The first-order valence-corrected chi connectivity index (χ1v) is 5.03. The molecule has 1 N–H and O–H groups in total. The summed E-state index contributed by atoms with van der Waals surface area (Å²) < 4.78 is 0. The van der Waals surface area contributed by atoms with E-state index in [2.05, 4.69) is 22.1 Å². The summed E-state index contributed by atoms with van der Waals surface area (Å²) in [6.07, 6.45) is 0. The van der Waals surface area contributed by atoms with Crippen molar-refractivity contribution >= 4 is 28.7 Å². The van der Waals surface area contributed by atoms with E-state index in [4.69, 9.17) is 12.2 Å². The molecule has 0 bridgehead atoms. The van der Waals surface area contributed by atoms with E-state index in [0.29, 0.717) is 0 Å². The van der Waals surface area contributed by atoms with Gasteiger partial charge < -0.3 is 10.2 Å². The Bertz CT molecular complexity index is 244. The Kier molecular flexibility index (Phi) is 3.49. The monoisotopic (exact) mass is 200 g/mol. The molecule has 0 aromatic carbocycles. The van der Waals surface area contributed by atoms with Crippen LogP contribution in [0, 0.1) is 0 Å². The van der Waals surface area contributed by atoms with Gasteiger partial charge in [0.1, 0.15) is 0 Å². The van der Waals surface area contributed by atoms with Gasteiger partial charge in [0.15, 0.2) is 5.11 Å². The maximum atomic E-state index is 5.07. The third-order valence-electron chi connectivity index (χ3n) is 1.56. The van der Waals surface area contributed by atoms with Gasteiger partial charge in [0.2, 0.25) is 0 Å². The highest BCUT2D eigenvalue weighted by Gasteiger charge is 2.02. The molecule has 0 radical (unpaired) electrons. The van der Waals surface area contributed by atoms with Gasteiger partial charge in [-0.3, -0.25) is 0 Å². The van der Waals surface area contributed by atoms with E-state index in [9.17, 15) is 0 Å². The molecule has 0 amide bonds. The SMILES string of the molecule is CNC(=S)N(C)Cc1ccsc1. The Morgan fingerprint density at radius 2 is 2.50 bits per heavy atom. The third-order valence-corrected chi connectivity index (χ3v) is 2.81. The summed E-state index contributed by atoms with van der Waals surface area (Å²) in [5.74, 6) is 0. The zero-order valence-electron chi connectivity index (χ0n) is 7.20. The number of nitrogens with zero attached hydrogens (tertiary/aromatic N) is 1. The Labute approximate surface area is 82.2 Å². The van der Waals surface area contributed by atoms with E-state index in [1.165, 1.54) is 5.56 Å². The topological polar surface area (TPSA) is 15.3 Å². The van der Waals surface area contributed by atoms with Gasteiger partial charge in [-0.1, -0.05) is 0 Å². The summed E-state index contributed by atoms with van der Waals surface area (Å²) >= 11 is 6.78. The van der Waals surface area contributed by atoms with Gasteiger partial charge in [0.25, 0.3) is 0 Å². The molecule has 1 heterocycles. The number of hydrogen-bond acceptors (Lipinski definition) is 2. The van der Waals surface area contributed by atoms with Gasteiger partial charge >= 0.3 is 0 Å². The second-order valence-electron chi connectivity index (χ2n) is 2.54. The van der Waals surface area contributed by atoms with E-state index in [0.717, 1.165) is 11.7 Å². The Morgan fingerprint density at radius 3 is 3.00 bits per heavy atom. The van der Waals surface area contributed by atoms with E-state index in [-0.39, 0.29) is 0 Å². The van der Waals surface area contributed by atoms with Gasteiger partial charge in [-0.05, 0) is 34.6 Å². The summed E-state index contributed by atoms with van der Waals surface area (Å²) in [4.78, 5) is 2.01. The van der Waals surface area contributed by atoms with Crippen LogP contribution in [0.1, 0.15) is 5.56 Å². The number of thiocarbonyl (C=S) groups is 1. The van der Waals surface area contributed by atoms with Crippen LogP contribution in [0.5, 0.6) is 0 Å². The molecule has 0 saturated heterocycles. The summed E-state index contributed by atoms with van der Waals surface area (Å²) in [6, 6.07) is 2.11. The minimum atomic E-state index is 0.779. The van der Waals surface area contributed by atoms with Crippen LogP contribution < -0.4 is 5.32 Å². The molecule has 0 saturated carbocycles. The van der Waals surface area contributed by atoms with Crippen molar-refractivity contribution in [2.45, 2.75) is 6.54 Å². The summed E-state index contributed by atoms with van der Waals surface area (Å²) in [5, 5.41) is 7.93.